The van der Waals surface area contributed by atoms with Gasteiger partial charge >= 0.3 is 0 Å². The largest absolute Gasteiger partial charge is 0.340 e. The first-order valence-electron chi connectivity index (χ1n) is 15.0. The van der Waals surface area contributed by atoms with Gasteiger partial charge in [-0.15, -0.1) is 0 Å². The molecular weight excluding hydrogens is 516 g/mol. The van der Waals surface area contributed by atoms with Crippen molar-refractivity contribution < 1.29 is 14.4 Å². The predicted molar refractivity (Wildman–Crippen MR) is 176 cm³/mol. The Hall–Kier alpha value is -4.25. The van der Waals surface area contributed by atoms with Crippen LogP contribution in [0.5, 0.6) is 0 Å². The van der Waals surface area contributed by atoms with E-state index in [2.05, 4.69) is 132 Å². The minimum absolute atomic E-state index is 0.591. The normalized spacial score (nSPS) is 13.8. The van der Waals surface area contributed by atoms with Gasteiger partial charge in [-0.05, 0) is 38.0 Å². The van der Waals surface area contributed by atoms with Crippen molar-refractivity contribution in [3.63, 3.8) is 0 Å². The van der Waals surface area contributed by atoms with Crippen molar-refractivity contribution in [1.82, 2.24) is 4.57 Å². The molecule has 0 amide bonds. The number of aromatic nitrogens is 1. The fourth-order valence-electron chi connectivity index (χ4n) is 5.63. The zero-order valence-corrected chi connectivity index (χ0v) is 24.7. The molecule has 4 nitrogen and oxygen atoms in total. The lowest BCUT2D eigenvalue weighted by molar-refractivity contribution is -0.453. The summed E-state index contributed by atoms with van der Waals surface area (Å²) in [5, 5.41) is 3.45. The molecule has 3 aromatic carbocycles. The van der Waals surface area contributed by atoms with E-state index < -0.39 is 0 Å². The lowest BCUT2D eigenvalue weighted by Crippen LogP contribution is -2.28. The van der Waals surface area contributed by atoms with E-state index in [4.69, 9.17) is 9.78 Å². The molecule has 0 unspecified atom stereocenters. The molecule has 0 atom stereocenters. The molecule has 1 aromatic heterocycles. The van der Waals surface area contributed by atoms with Crippen LogP contribution in [0.15, 0.2) is 110 Å². The number of rotatable bonds is 14. The summed E-state index contributed by atoms with van der Waals surface area (Å²) in [6.45, 7) is 13.8. The molecule has 0 N–H and O–H groups in total. The van der Waals surface area contributed by atoms with E-state index in [1.165, 1.54) is 27.7 Å². The van der Waals surface area contributed by atoms with Crippen LogP contribution in [0.2, 0.25) is 0 Å². The van der Waals surface area contributed by atoms with Crippen LogP contribution in [0, 0.1) is 0 Å². The third-order valence-electron chi connectivity index (χ3n) is 7.71. The predicted octanol–water partition coefficient (Wildman–Crippen LogP) is 7.49. The molecule has 0 saturated carbocycles. The molecule has 4 aromatic rings. The third kappa shape index (κ3) is 6.79. The number of hydrogen-bond donors (Lipinski definition) is 0. The highest BCUT2D eigenvalue weighted by atomic mass is 17.2. The van der Waals surface area contributed by atoms with Gasteiger partial charge in [0.05, 0.1) is 24.4 Å². The maximum Gasteiger partial charge on any atom is 0.214 e. The van der Waals surface area contributed by atoms with Gasteiger partial charge in [0.25, 0.3) is 0 Å². The molecule has 4 heteroatoms. The van der Waals surface area contributed by atoms with E-state index in [0.29, 0.717) is 13.2 Å². The van der Waals surface area contributed by atoms with Crippen LogP contribution in [-0.4, -0.2) is 28.1 Å². The molecule has 5 rings (SSSR count). The summed E-state index contributed by atoms with van der Waals surface area (Å²) in [4.78, 5) is 10.1. The fraction of sp³-hybridized carbons (Fsp3) is 0.237. The van der Waals surface area contributed by atoms with Gasteiger partial charge in [-0.2, -0.15) is 4.58 Å². The average Bonchev–Trinajstić information content (AvgIpc) is 3.44. The van der Waals surface area contributed by atoms with E-state index in [1.807, 2.05) is 6.92 Å². The van der Waals surface area contributed by atoms with Gasteiger partial charge in [-0.1, -0.05) is 105 Å². The standard InChI is InChI=1S/C38H41N2O2/c1-4-41-42-28-18-6-5-17-27-39-35(30(2)33-21-13-15-25-37(33)39)23-11-8-12-24-36-31(3)34-22-14-16-26-38(34)40(36)29-32-19-9-7-10-20-32/h7-16,19-26H,2-6,17-18,27-29H2,1H3/q+1. The van der Waals surface area contributed by atoms with E-state index >= 15 is 0 Å². The monoisotopic (exact) mass is 557 g/mol. The first-order chi connectivity index (χ1) is 20.7. The van der Waals surface area contributed by atoms with Crippen molar-refractivity contribution in [3.05, 3.63) is 131 Å². The molecule has 1 aliphatic heterocycles. The highest BCUT2D eigenvalue weighted by molar-refractivity contribution is 6.29. The van der Waals surface area contributed by atoms with Crippen molar-refractivity contribution in [2.75, 3.05) is 13.2 Å². The molecule has 0 bridgehead atoms. The number of hydrogen-bond acceptors (Lipinski definition) is 2. The minimum atomic E-state index is 0.591. The number of aryl methyl sites for hydroxylation is 1. The van der Waals surface area contributed by atoms with E-state index in [0.717, 1.165) is 60.6 Å². The second-order valence-electron chi connectivity index (χ2n) is 10.5. The van der Waals surface area contributed by atoms with Gasteiger partial charge < -0.3 is 4.57 Å². The van der Waals surface area contributed by atoms with Gasteiger partial charge in [0.2, 0.25) is 11.4 Å². The van der Waals surface area contributed by atoms with Crippen LogP contribution < -0.4 is 10.6 Å². The molecule has 0 saturated heterocycles. The Balaban J connectivity index is 1.34. The van der Waals surface area contributed by atoms with E-state index in [1.54, 1.807) is 0 Å². The zero-order chi connectivity index (χ0) is 29.1. The Morgan fingerprint density at radius 3 is 2.40 bits per heavy atom. The topological polar surface area (TPSA) is 26.4 Å². The molecule has 42 heavy (non-hydrogen) atoms. The fourth-order valence-corrected chi connectivity index (χ4v) is 5.63. The van der Waals surface area contributed by atoms with Crippen LogP contribution >= 0.6 is 0 Å². The summed E-state index contributed by atoms with van der Waals surface area (Å²) >= 11 is 0. The Kier molecular flexibility index (Phi) is 10.2. The lowest BCUT2D eigenvalue weighted by Gasteiger charge is -2.07. The van der Waals surface area contributed by atoms with Crippen LogP contribution in [0.25, 0.3) is 29.1 Å². The number of fused-ring (bicyclic) bond motifs is 2. The number of benzene rings is 3. The lowest BCUT2D eigenvalue weighted by atomic mass is 10.0. The Bertz CT molecular complexity index is 1720. The zero-order valence-electron chi connectivity index (χ0n) is 24.7. The Morgan fingerprint density at radius 1 is 0.786 bits per heavy atom. The van der Waals surface area contributed by atoms with Gasteiger partial charge in [-0.3, -0.25) is 0 Å². The average molecular weight is 558 g/mol. The van der Waals surface area contributed by atoms with Crippen molar-refractivity contribution in [2.24, 2.45) is 0 Å². The van der Waals surface area contributed by atoms with Gasteiger partial charge in [0, 0.05) is 45.7 Å². The summed E-state index contributed by atoms with van der Waals surface area (Å²) in [6, 6.07) is 27.7. The van der Waals surface area contributed by atoms with Gasteiger partial charge in [0.1, 0.15) is 0 Å². The number of unbranched alkanes of at least 4 members (excludes halogenated alkanes) is 3. The van der Waals surface area contributed by atoms with Crippen molar-refractivity contribution >= 4 is 40.5 Å². The first-order valence-corrected chi connectivity index (χ1v) is 15.0. The summed E-state index contributed by atoms with van der Waals surface area (Å²) < 4.78 is 4.77. The molecule has 214 valence electrons. The maximum absolute atomic E-state index is 5.14. The highest BCUT2D eigenvalue weighted by Gasteiger charge is 2.31. The smallest absolute Gasteiger partial charge is 0.214 e. The van der Waals surface area contributed by atoms with Gasteiger partial charge in [0.15, 0.2) is 6.54 Å². The maximum atomic E-state index is 5.14. The summed E-state index contributed by atoms with van der Waals surface area (Å²) in [5.74, 6) is 0. The quantitative estimate of drug-likeness (QED) is 0.0528. The molecule has 1 aliphatic rings. The third-order valence-corrected chi connectivity index (χ3v) is 7.71. The SMILES string of the molecule is C=C1C(/C=C/C=C/C=c2\c(=C)c3ccccc3n2CCCCCCOOCC)=[N+](Cc2ccccc2)c2ccccc21. The summed E-state index contributed by atoms with van der Waals surface area (Å²) in [7, 11) is 0. The second-order valence-corrected chi connectivity index (χ2v) is 10.5. The van der Waals surface area contributed by atoms with Crippen LogP contribution in [0.1, 0.15) is 43.7 Å². The van der Waals surface area contributed by atoms with Crippen molar-refractivity contribution in [1.29, 1.82) is 0 Å². The molecule has 0 aliphatic carbocycles. The Morgan fingerprint density at radius 2 is 1.55 bits per heavy atom. The minimum Gasteiger partial charge on any atom is -0.340 e. The molecule has 0 spiro atoms. The number of nitrogens with zero attached hydrogens (tertiary/aromatic N) is 2. The number of allylic oxidation sites excluding steroid dienone is 5. The highest BCUT2D eigenvalue weighted by Crippen LogP contribution is 2.34. The van der Waals surface area contributed by atoms with Crippen LogP contribution in [-0.2, 0) is 22.9 Å². The van der Waals surface area contributed by atoms with Crippen LogP contribution in [0.4, 0.5) is 5.69 Å². The second kappa shape index (κ2) is 14.6. The summed E-state index contributed by atoms with van der Waals surface area (Å²) in [6.07, 6.45) is 15.1. The van der Waals surface area contributed by atoms with Gasteiger partial charge in [-0.25, -0.2) is 9.78 Å². The van der Waals surface area contributed by atoms with E-state index in [9.17, 15) is 0 Å². The molecule has 0 fully saturated rings. The Labute approximate surface area is 249 Å². The number of para-hydroxylation sites is 2. The van der Waals surface area contributed by atoms with Crippen LogP contribution in [0.3, 0.4) is 0 Å². The molecule has 0 radical (unpaired) electrons. The van der Waals surface area contributed by atoms with Crippen molar-refractivity contribution in [3.8, 4) is 0 Å². The molecular formula is C38H41N2O2+. The van der Waals surface area contributed by atoms with Crippen molar-refractivity contribution in [2.45, 2.75) is 45.7 Å². The first kappa shape index (κ1) is 29.2. The molecule has 2 heterocycles. The summed E-state index contributed by atoms with van der Waals surface area (Å²) in [5.41, 5.74) is 7.09. The van der Waals surface area contributed by atoms with E-state index in [-0.39, 0.29) is 0 Å².